The van der Waals surface area contributed by atoms with Crippen LogP contribution in [0.2, 0.25) is 0 Å². The van der Waals surface area contributed by atoms with E-state index in [4.69, 9.17) is 0 Å². The van der Waals surface area contributed by atoms with Gasteiger partial charge in [0, 0.05) is 12.1 Å². The van der Waals surface area contributed by atoms with Crippen molar-refractivity contribution in [3.63, 3.8) is 0 Å². The molecule has 0 amide bonds. The third kappa shape index (κ3) is 4.03. The summed E-state index contributed by atoms with van der Waals surface area (Å²) in [6.45, 7) is 3.88. The van der Waals surface area contributed by atoms with Gasteiger partial charge < -0.3 is 5.32 Å². The van der Waals surface area contributed by atoms with Gasteiger partial charge in [-0.2, -0.15) is 13.2 Å². The highest BCUT2D eigenvalue weighted by Crippen LogP contribution is 2.29. The van der Waals surface area contributed by atoms with E-state index in [1.165, 1.54) is 12.1 Å². The van der Waals surface area contributed by atoms with Crippen LogP contribution in [0.3, 0.4) is 0 Å². The van der Waals surface area contributed by atoms with Crippen molar-refractivity contribution in [3.8, 4) is 0 Å². The molecule has 92 valence electrons. The van der Waals surface area contributed by atoms with E-state index in [9.17, 15) is 18.0 Å². The van der Waals surface area contributed by atoms with Crippen molar-refractivity contribution in [2.24, 2.45) is 0 Å². The largest absolute Gasteiger partial charge is 0.416 e. The highest BCUT2D eigenvalue weighted by Gasteiger charge is 2.30. The molecule has 0 heterocycles. The van der Waals surface area contributed by atoms with Crippen LogP contribution in [0.25, 0.3) is 0 Å². The second-order valence-electron chi connectivity index (χ2n) is 3.42. The lowest BCUT2D eigenvalue weighted by atomic mass is 10.1. The maximum atomic E-state index is 12.4. The summed E-state index contributed by atoms with van der Waals surface area (Å²) >= 11 is 0. The van der Waals surface area contributed by atoms with E-state index in [0.29, 0.717) is 6.54 Å². The lowest BCUT2D eigenvalue weighted by molar-refractivity contribution is -0.137. The fourth-order valence-corrected chi connectivity index (χ4v) is 1.26. The van der Waals surface area contributed by atoms with Crippen molar-refractivity contribution in [1.82, 2.24) is 5.32 Å². The van der Waals surface area contributed by atoms with Crippen molar-refractivity contribution < 1.29 is 18.0 Å². The molecule has 2 nitrogen and oxygen atoms in total. The molecule has 1 aromatic carbocycles. The zero-order chi connectivity index (χ0) is 12.9. The third-order valence-electron chi connectivity index (χ3n) is 2.09. The van der Waals surface area contributed by atoms with Gasteiger partial charge in [-0.05, 0) is 12.1 Å². The molecule has 0 bridgehead atoms. The zero-order valence-corrected chi connectivity index (χ0v) is 9.05. The van der Waals surface area contributed by atoms with E-state index < -0.39 is 11.7 Å². The monoisotopic (exact) mass is 243 g/mol. The molecule has 0 radical (unpaired) electrons. The van der Waals surface area contributed by atoms with Crippen LogP contribution in [0.5, 0.6) is 0 Å². The van der Waals surface area contributed by atoms with Crippen molar-refractivity contribution in [3.05, 3.63) is 48.0 Å². The molecule has 0 saturated carbocycles. The number of ketones is 1. The number of carbonyl (C=O) groups excluding carboxylic acids is 1. The van der Waals surface area contributed by atoms with Crippen molar-refractivity contribution >= 4 is 5.78 Å². The molecule has 1 rings (SSSR count). The average Bonchev–Trinajstić information content (AvgIpc) is 2.28. The van der Waals surface area contributed by atoms with Gasteiger partial charge in [0.05, 0.1) is 12.1 Å². The lowest BCUT2D eigenvalue weighted by Crippen LogP contribution is -2.23. The van der Waals surface area contributed by atoms with Crippen LogP contribution in [0.1, 0.15) is 15.9 Å². The molecule has 5 heteroatoms. The van der Waals surface area contributed by atoms with Crippen LogP contribution in [-0.4, -0.2) is 18.9 Å². The SMILES string of the molecule is C=CCNCC(=O)c1cccc(C(F)(F)F)c1. The van der Waals surface area contributed by atoms with Gasteiger partial charge >= 0.3 is 6.18 Å². The Morgan fingerprint density at radius 2 is 2.12 bits per heavy atom. The molecular weight excluding hydrogens is 231 g/mol. The summed E-state index contributed by atoms with van der Waals surface area (Å²) in [4.78, 5) is 11.5. The summed E-state index contributed by atoms with van der Waals surface area (Å²) in [5.74, 6) is -0.377. The number of rotatable bonds is 5. The van der Waals surface area contributed by atoms with Crippen molar-refractivity contribution in [2.45, 2.75) is 6.18 Å². The van der Waals surface area contributed by atoms with Crippen molar-refractivity contribution in [1.29, 1.82) is 0 Å². The molecule has 0 spiro atoms. The first-order valence-corrected chi connectivity index (χ1v) is 4.97. The number of benzene rings is 1. The predicted octanol–water partition coefficient (Wildman–Crippen LogP) is 2.66. The maximum absolute atomic E-state index is 12.4. The molecule has 0 aliphatic rings. The van der Waals surface area contributed by atoms with Crippen LogP contribution >= 0.6 is 0 Å². The fraction of sp³-hybridized carbons (Fsp3) is 0.250. The maximum Gasteiger partial charge on any atom is 0.416 e. The minimum absolute atomic E-state index is 0.00662. The van der Waals surface area contributed by atoms with Crippen LogP contribution in [0, 0.1) is 0 Å². The molecule has 0 unspecified atom stereocenters. The molecule has 0 saturated heterocycles. The Morgan fingerprint density at radius 3 is 2.71 bits per heavy atom. The third-order valence-corrected chi connectivity index (χ3v) is 2.09. The van der Waals surface area contributed by atoms with Crippen molar-refractivity contribution in [2.75, 3.05) is 13.1 Å². The van der Waals surface area contributed by atoms with Gasteiger partial charge in [0.15, 0.2) is 5.78 Å². The first kappa shape index (κ1) is 13.4. The van der Waals surface area contributed by atoms with Gasteiger partial charge in [-0.3, -0.25) is 4.79 Å². The van der Waals surface area contributed by atoms with Crippen LogP contribution < -0.4 is 5.32 Å². The van der Waals surface area contributed by atoms with E-state index in [-0.39, 0.29) is 17.9 Å². The second-order valence-corrected chi connectivity index (χ2v) is 3.42. The Labute approximate surface area is 97.1 Å². The number of alkyl halides is 3. The predicted molar refractivity (Wildman–Crippen MR) is 58.8 cm³/mol. The summed E-state index contributed by atoms with van der Waals surface area (Å²) < 4.78 is 37.2. The average molecular weight is 243 g/mol. The minimum atomic E-state index is -4.43. The summed E-state index contributed by atoms with van der Waals surface area (Å²) in [7, 11) is 0. The normalized spacial score (nSPS) is 11.2. The quantitative estimate of drug-likeness (QED) is 0.489. The number of halogens is 3. The van der Waals surface area contributed by atoms with E-state index in [0.717, 1.165) is 12.1 Å². The van der Waals surface area contributed by atoms with E-state index in [1.807, 2.05) is 0 Å². The highest BCUT2D eigenvalue weighted by molar-refractivity contribution is 5.97. The Balaban J connectivity index is 2.78. The van der Waals surface area contributed by atoms with E-state index in [2.05, 4.69) is 11.9 Å². The molecule has 17 heavy (non-hydrogen) atoms. The molecule has 0 aliphatic carbocycles. The van der Waals surface area contributed by atoms with E-state index >= 15 is 0 Å². The Morgan fingerprint density at radius 1 is 1.41 bits per heavy atom. The highest BCUT2D eigenvalue weighted by atomic mass is 19.4. The van der Waals surface area contributed by atoms with E-state index in [1.54, 1.807) is 6.08 Å². The van der Waals surface area contributed by atoms with Gasteiger partial charge in [-0.25, -0.2) is 0 Å². The van der Waals surface area contributed by atoms with Gasteiger partial charge in [0.25, 0.3) is 0 Å². The first-order valence-electron chi connectivity index (χ1n) is 4.97. The first-order chi connectivity index (χ1) is 7.95. The smallest absolute Gasteiger partial charge is 0.306 e. The van der Waals surface area contributed by atoms with Gasteiger partial charge in [0.2, 0.25) is 0 Å². The number of carbonyl (C=O) groups is 1. The summed E-state index contributed by atoms with van der Waals surface area (Å²) in [6, 6.07) is 4.39. The summed E-state index contributed by atoms with van der Waals surface area (Å²) in [5.41, 5.74) is -0.761. The molecule has 0 aliphatic heterocycles. The van der Waals surface area contributed by atoms with Crippen LogP contribution in [-0.2, 0) is 6.18 Å². The van der Waals surface area contributed by atoms with Crippen LogP contribution in [0.15, 0.2) is 36.9 Å². The molecule has 0 fully saturated rings. The number of hydrogen-bond donors (Lipinski definition) is 1. The van der Waals surface area contributed by atoms with Crippen LogP contribution in [0.4, 0.5) is 13.2 Å². The Kier molecular flexibility index (Phi) is 4.45. The van der Waals surface area contributed by atoms with Gasteiger partial charge in [0.1, 0.15) is 0 Å². The summed E-state index contributed by atoms with van der Waals surface area (Å²) in [6.07, 6.45) is -2.86. The molecule has 0 atom stereocenters. The minimum Gasteiger partial charge on any atom is -0.306 e. The fourth-order valence-electron chi connectivity index (χ4n) is 1.26. The molecule has 1 aromatic rings. The zero-order valence-electron chi connectivity index (χ0n) is 9.05. The summed E-state index contributed by atoms with van der Waals surface area (Å²) in [5, 5.41) is 2.74. The van der Waals surface area contributed by atoms with Gasteiger partial charge in [-0.15, -0.1) is 6.58 Å². The Bertz CT molecular complexity index is 412. The molecule has 0 aromatic heterocycles. The molecular formula is C12H12F3NO. The number of hydrogen-bond acceptors (Lipinski definition) is 2. The molecule has 1 N–H and O–H groups in total. The lowest BCUT2D eigenvalue weighted by Gasteiger charge is -2.08. The topological polar surface area (TPSA) is 29.1 Å². The standard InChI is InChI=1S/C12H12F3NO/c1-2-6-16-8-11(17)9-4-3-5-10(7-9)12(13,14)15/h2-5,7,16H,1,6,8H2. The number of Topliss-reactive ketones (excluding diaryl/α,β-unsaturated/α-hetero) is 1. The number of nitrogens with one attached hydrogen (secondary N) is 1. The second kappa shape index (κ2) is 5.63. The van der Waals surface area contributed by atoms with Gasteiger partial charge in [-0.1, -0.05) is 18.2 Å². The Hall–Kier alpha value is -1.62.